The number of rotatable bonds is 2. The Hall–Kier alpha value is -2.75. The van der Waals surface area contributed by atoms with E-state index in [-0.39, 0.29) is 29.2 Å². The van der Waals surface area contributed by atoms with Crippen LogP contribution in [0.4, 0.5) is 0 Å². The van der Waals surface area contributed by atoms with E-state index in [1.165, 1.54) is 0 Å². The number of aromatic hydroxyl groups is 1. The molecule has 7 atom stereocenters. The zero-order valence-electron chi connectivity index (χ0n) is 20.9. The number of fused-ring (bicyclic) bond motifs is 3. The Balaban J connectivity index is 1.96. The molecule has 0 aliphatic heterocycles. The number of carbonyl (C=O) groups is 3. The lowest BCUT2D eigenvalue weighted by Crippen LogP contribution is -2.73. The molecule has 2 fully saturated rings. The summed E-state index contributed by atoms with van der Waals surface area (Å²) >= 11 is 0. The van der Waals surface area contributed by atoms with Crippen molar-refractivity contribution in [1.29, 1.82) is 0 Å². The van der Waals surface area contributed by atoms with E-state index in [2.05, 4.69) is 0 Å². The van der Waals surface area contributed by atoms with E-state index in [9.17, 15) is 34.8 Å². The van der Waals surface area contributed by atoms with E-state index < -0.39 is 64.1 Å². The summed E-state index contributed by atoms with van der Waals surface area (Å²) in [6, 6.07) is 2.72. The van der Waals surface area contributed by atoms with E-state index in [0.717, 1.165) is 0 Å². The van der Waals surface area contributed by atoms with Crippen LogP contribution in [0.3, 0.4) is 0 Å². The number of nitrogens with two attached hydrogens (primary N) is 1. The fourth-order valence-corrected chi connectivity index (χ4v) is 6.50. The Morgan fingerprint density at radius 1 is 1.17 bits per heavy atom. The number of nitrogens with zero attached hydrogens (tertiary/aromatic N) is 1. The van der Waals surface area contributed by atoms with Crippen LogP contribution < -0.4 is 5.73 Å². The van der Waals surface area contributed by atoms with Gasteiger partial charge in [0.1, 0.15) is 17.4 Å². The van der Waals surface area contributed by atoms with Crippen LogP contribution in [0.1, 0.15) is 56.7 Å². The van der Waals surface area contributed by atoms with Gasteiger partial charge in [0.2, 0.25) is 11.7 Å². The molecule has 1 amide bonds. The van der Waals surface area contributed by atoms with Crippen molar-refractivity contribution in [3.8, 4) is 5.75 Å². The highest BCUT2D eigenvalue weighted by Crippen LogP contribution is 2.56. The van der Waals surface area contributed by atoms with Gasteiger partial charge in [0.15, 0.2) is 11.4 Å². The van der Waals surface area contributed by atoms with Crippen LogP contribution in [0.5, 0.6) is 5.75 Å². The zero-order valence-corrected chi connectivity index (χ0v) is 20.9. The van der Waals surface area contributed by atoms with Crippen molar-refractivity contribution >= 4 is 23.2 Å². The van der Waals surface area contributed by atoms with Crippen molar-refractivity contribution in [3.63, 3.8) is 0 Å². The van der Waals surface area contributed by atoms with Gasteiger partial charge in [-0.3, -0.25) is 14.4 Å². The van der Waals surface area contributed by atoms with E-state index in [1.807, 2.05) is 33.8 Å². The molecule has 4 rings (SSSR count). The molecule has 0 heterocycles. The molecule has 3 aliphatic carbocycles. The van der Waals surface area contributed by atoms with Crippen LogP contribution >= 0.6 is 0 Å². The summed E-state index contributed by atoms with van der Waals surface area (Å²) in [5.74, 6) is -7.65. The number of carbonyl (C=O) groups excluding carboxylic acids is 3. The minimum Gasteiger partial charge on any atom is -0.507 e. The highest BCUT2D eigenvalue weighted by molar-refractivity contribution is 6.25. The molecule has 0 saturated heterocycles. The van der Waals surface area contributed by atoms with Gasteiger partial charge in [-0.25, -0.2) is 0 Å². The summed E-state index contributed by atoms with van der Waals surface area (Å²) in [5, 5.41) is 45.0. The van der Waals surface area contributed by atoms with Crippen LogP contribution in [0.15, 0.2) is 17.7 Å². The number of benzene rings is 1. The number of phenols is 1. The Bertz CT molecular complexity index is 1160. The van der Waals surface area contributed by atoms with E-state index in [1.54, 1.807) is 25.1 Å². The quantitative estimate of drug-likeness (QED) is 0.387. The minimum atomic E-state index is -2.65. The fraction of sp³-hybridized carbons (Fsp3) is 0.577. The molecule has 3 aliphatic rings. The summed E-state index contributed by atoms with van der Waals surface area (Å²) < 4.78 is 0. The second-order valence-electron chi connectivity index (χ2n) is 11.5. The van der Waals surface area contributed by atoms with Crippen molar-refractivity contribution in [1.82, 2.24) is 4.90 Å². The second-order valence-corrected chi connectivity index (χ2v) is 11.5. The molecule has 0 radical (unpaired) electrons. The van der Waals surface area contributed by atoms with Crippen LogP contribution in [0.25, 0.3) is 5.76 Å². The predicted molar refractivity (Wildman–Crippen MR) is 127 cm³/mol. The second kappa shape index (κ2) is 7.88. The zero-order chi connectivity index (χ0) is 26.4. The van der Waals surface area contributed by atoms with Crippen LogP contribution in [-0.4, -0.2) is 74.6 Å². The van der Waals surface area contributed by atoms with Crippen LogP contribution in [0, 0.1) is 17.8 Å². The van der Waals surface area contributed by atoms with Crippen molar-refractivity contribution in [3.05, 3.63) is 34.4 Å². The maximum absolute atomic E-state index is 13.9. The Morgan fingerprint density at radius 3 is 2.29 bits per heavy atom. The molecule has 1 aromatic rings. The first-order valence-corrected chi connectivity index (χ1v) is 11.8. The van der Waals surface area contributed by atoms with Gasteiger partial charge in [0, 0.05) is 23.1 Å². The molecular formula is C26H34N2O7. The fourth-order valence-electron chi connectivity index (χ4n) is 6.50. The third-order valence-corrected chi connectivity index (χ3v) is 8.27. The first kappa shape index (κ1) is 25.3. The predicted octanol–water partition coefficient (Wildman–Crippen LogP) is 0.988. The SMILES string of the molecule is C[C@H]1c2ccc(C(C)(C)C)c(O)c2C(O)=C2C(=O)[C@]3(O)C(=O)C(C(N)=O)C(O)[C@@H](N(C)C)[C@@H]3C[C@@H]21. The van der Waals surface area contributed by atoms with Gasteiger partial charge in [0.05, 0.1) is 11.7 Å². The molecule has 0 aromatic heterocycles. The number of amides is 1. The van der Waals surface area contributed by atoms with Gasteiger partial charge in [-0.15, -0.1) is 0 Å². The highest BCUT2D eigenvalue weighted by atomic mass is 16.3. The lowest BCUT2D eigenvalue weighted by Gasteiger charge is -2.54. The topological polar surface area (TPSA) is 161 Å². The number of hydrogen-bond donors (Lipinski definition) is 5. The molecule has 2 unspecified atom stereocenters. The maximum atomic E-state index is 13.9. The molecule has 0 spiro atoms. The number of aliphatic hydroxyl groups is 3. The van der Waals surface area contributed by atoms with Crippen LogP contribution in [0.2, 0.25) is 0 Å². The number of phenolic OH excluding ortho intramolecular Hbond substituents is 1. The van der Waals surface area contributed by atoms with Crippen LogP contribution in [-0.2, 0) is 19.8 Å². The Labute approximate surface area is 204 Å². The third-order valence-electron chi connectivity index (χ3n) is 8.27. The van der Waals surface area contributed by atoms with Gasteiger partial charge in [-0.2, -0.15) is 0 Å². The van der Waals surface area contributed by atoms with E-state index >= 15 is 0 Å². The molecule has 1 aromatic carbocycles. The van der Waals surface area contributed by atoms with Gasteiger partial charge in [0.25, 0.3) is 0 Å². The summed E-state index contributed by atoms with van der Waals surface area (Å²) in [7, 11) is 3.25. The summed E-state index contributed by atoms with van der Waals surface area (Å²) in [6.07, 6.45) is -1.40. The highest BCUT2D eigenvalue weighted by Gasteiger charge is 2.68. The molecule has 9 heteroatoms. The number of likely N-dealkylation sites (N-methyl/N-ethyl adjacent to an activating group) is 1. The molecule has 6 N–H and O–H groups in total. The monoisotopic (exact) mass is 486 g/mol. The van der Waals surface area contributed by atoms with Crippen molar-refractivity contribution in [2.75, 3.05) is 14.1 Å². The average molecular weight is 487 g/mol. The number of primary amides is 1. The lowest BCUT2D eigenvalue weighted by molar-refractivity contribution is -0.184. The first-order valence-electron chi connectivity index (χ1n) is 11.8. The molecule has 0 bridgehead atoms. The van der Waals surface area contributed by atoms with Gasteiger partial charge in [-0.05, 0) is 43.3 Å². The van der Waals surface area contributed by atoms with Gasteiger partial charge < -0.3 is 31.1 Å². The number of Topliss-reactive ketones (excluding diaryl/α,β-unsaturated/α-hetero) is 2. The molecule has 190 valence electrons. The minimum absolute atomic E-state index is 0.0984. The largest absolute Gasteiger partial charge is 0.507 e. The third kappa shape index (κ3) is 3.28. The lowest BCUT2D eigenvalue weighted by atomic mass is 9.53. The van der Waals surface area contributed by atoms with E-state index in [4.69, 9.17) is 5.73 Å². The normalized spacial score (nSPS) is 35.0. The summed E-state index contributed by atoms with van der Waals surface area (Å²) in [6.45, 7) is 7.58. The molecule has 2 saturated carbocycles. The number of aliphatic hydroxyl groups excluding tert-OH is 2. The average Bonchev–Trinajstić information content (AvgIpc) is 2.72. The smallest absolute Gasteiger partial charge is 0.230 e. The number of ketones is 2. The van der Waals surface area contributed by atoms with Gasteiger partial charge in [-0.1, -0.05) is 39.8 Å². The standard InChI is InChI=1S/C26H34N2O7/c1-10-11-7-8-13(25(2,3)4)19(29)15(11)20(30)16-12(10)9-14-18(28(5)6)21(31)17(24(27)34)23(33)26(14,35)22(16)32/h7-8,10,12,14,17-18,21,29-31,35H,9H2,1-6H3,(H2,27,34)/t10-,12+,14-,17?,18-,21?,26-/m0/s1. The maximum Gasteiger partial charge on any atom is 0.230 e. The Morgan fingerprint density at radius 2 is 1.77 bits per heavy atom. The first-order chi connectivity index (χ1) is 16.1. The number of hydrogen-bond acceptors (Lipinski definition) is 8. The van der Waals surface area contributed by atoms with Crippen molar-refractivity contribution in [2.24, 2.45) is 23.5 Å². The molecular weight excluding hydrogens is 452 g/mol. The Kier molecular flexibility index (Phi) is 5.70. The van der Waals surface area contributed by atoms with E-state index in [0.29, 0.717) is 11.1 Å². The van der Waals surface area contributed by atoms with Crippen molar-refractivity contribution in [2.45, 2.75) is 63.2 Å². The van der Waals surface area contributed by atoms with Crippen molar-refractivity contribution < 1.29 is 34.8 Å². The van der Waals surface area contributed by atoms with Gasteiger partial charge >= 0.3 is 0 Å². The summed E-state index contributed by atoms with van der Waals surface area (Å²) in [5.41, 5.74) is 3.50. The molecule has 35 heavy (non-hydrogen) atoms. The summed E-state index contributed by atoms with van der Waals surface area (Å²) in [4.78, 5) is 41.0. The molecule has 9 nitrogen and oxygen atoms in total.